The molecule has 0 aliphatic heterocycles. The zero-order chi connectivity index (χ0) is 21.6. The van der Waals surface area contributed by atoms with Gasteiger partial charge in [0.2, 0.25) is 0 Å². The topological polar surface area (TPSA) is 50.7 Å². The van der Waals surface area contributed by atoms with Crippen molar-refractivity contribution in [2.75, 3.05) is 19.7 Å². The number of allylic oxidation sites excluding steroid dienone is 5. The highest BCUT2D eigenvalue weighted by Crippen LogP contribution is 2.08. The Morgan fingerprint density at radius 1 is 1.15 bits per heavy atom. The molecule has 0 saturated carbocycles. The summed E-state index contributed by atoms with van der Waals surface area (Å²) >= 11 is 0. The van der Waals surface area contributed by atoms with Crippen LogP contribution in [0.4, 0.5) is 0 Å². The van der Waals surface area contributed by atoms with Crippen LogP contribution in [0.5, 0.6) is 0 Å². The maximum Gasteiger partial charge on any atom is 0.115 e. The van der Waals surface area contributed by atoms with Gasteiger partial charge >= 0.3 is 0 Å². The molecule has 0 amide bonds. The molecule has 0 radical (unpaired) electrons. The first-order valence-corrected chi connectivity index (χ1v) is 9.58. The second kappa shape index (κ2) is 22.6. The minimum absolute atomic E-state index is 0.129. The summed E-state index contributed by atoms with van der Waals surface area (Å²) in [6.45, 7) is 23.2. The Balaban J connectivity index is -0.000000378. The molecule has 0 aliphatic rings. The molecular weight excluding hydrogens is 338 g/mol. The van der Waals surface area contributed by atoms with E-state index in [1.54, 1.807) is 12.2 Å². The second-order valence-corrected chi connectivity index (χ2v) is 6.28. The van der Waals surface area contributed by atoms with Crippen molar-refractivity contribution in [2.45, 2.75) is 66.6 Å². The van der Waals surface area contributed by atoms with Crippen molar-refractivity contribution in [3.8, 4) is 0 Å². The van der Waals surface area contributed by atoms with Crippen molar-refractivity contribution in [3.63, 3.8) is 0 Å². The van der Waals surface area contributed by atoms with Crippen LogP contribution < -0.4 is 5.32 Å². The average molecular weight is 382 g/mol. The lowest BCUT2D eigenvalue weighted by Crippen LogP contribution is -2.26. The first-order valence-electron chi connectivity index (χ1n) is 9.58. The predicted octanol–water partition coefficient (Wildman–Crippen LogP) is 5.54. The summed E-state index contributed by atoms with van der Waals surface area (Å²) in [5.74, 6) is 0. The Labute approximate surface area is 168 Å². The fraction of sp³-hybridized carbons (Fsp3) is 0.565. The lowest BCUT2D eigenvalue weighted by Gasteiger charge is -2.16. The van der Waals surface area contributed by atoms with Gasteiger partial charge in [-0.15, -0.1) is 0 Å². The van der Waals surface area contributed by atoms with Crippen LogP contribution in [-0.4, -0.2) is 36.5 Å². The molecule has 158 valence electrons. The monoisotopic (exact) mass is 381 g/mol. The molecule has 0 heterocycles. The van der Waals surface area contributed by atoms with Crippen molar-refractivity contribution in [1.82, 2.24) is 5.32 Å². The molecule has 0 spiro atoms. The van der Waals surface area contributed by atoms with Crippen LogP contribution in [0.15, 0.2) is 61.3 Å². The Morgan fingerprint density at radius 2 is 1.74 bits per heavy atom. The third-order valence-corrected chi connectivity index (χ3v) is 3.12. The molecule has 1 unspecified atom stereocenters. The van der Waals surface area contributed by atoms with Gasteiger partial charge in [-0.3, -0.25) is 0 Å². The van der Waals surface area contributed by atoms with E-state index in [4.69, 9.17) is 9.78 Å². The van der Waals surface area contributed by atoms with Gasteiger partial charge in [-0.1, -0.05) is 62.6 Å². The number of hydrogen-bond acceptors (Lipinski definition) is 4. The molecule has 4 heteroatoms. The van der Waals surface area contributed by atoms with Crippen LogP contribution in [-0.2, 0) is 9.78 Å². The maximum absolute atomic E-state index is 9.20. The molecule has 0 bridgehead atoms. The van der Waals surface area contributed by atoms with Gasteiger partial charge in [-0.25, -0.2) is 9.78 Å². The fourth-order valence-electron chi connectivity index (χ4n) is 1.41. The minimum atomic E-state index is -0.512. The molecule has 0 aromatic heterocycles. The summed E-state index contributed by atoms with van der Waals surface area (Å²) in [5, 5.41) is 12.3. The van der Waals surface area contributed by atoms with E-state index in [2.05, 4.69) is 25.4 Å². The Morgan fingerprint density at radius 3 is 2.11 bits per heavy atom. The van der Waals surface area contributed by atoms with Crippen molar-refractivity contribution in [3.05, 3.63) is 61.3 Å². The van der Waals surface area contributed by atoms with Crippen LogP contribution in [0.3, 0.4) is 0 Å². The molecule has 0 aliphatic carbocycles. The van der Waals surface area contributed by atoms with Crippen molar-refractivity contribution < 1.29 is 14.9 Å². The quantitative estimate of drug-likeness (QED) is 0.162. The average Bonchev–Trinajstić information content (AvgIpc) is 2.63. The third kappa shape index (κ3) is 29.6. The van der Waals surface area contributed by atoms with E-state index in [1.807, 2.05) is 71.9 Å². The van der Waals surface area contributed by atoms with Gasteiger partial charge in [-0.05, 0) is 66.6 Å². The van der Waals surface area contributed by atoms with Crippen LogP contribution in [0, 0.1) is 0 Å². The molecule has 0 rings (SSSR count). The van der Waals surface area contributed by atoms with Crippen molar-refractivity contribution >= 4 is 0 Å². The minimum Gasteiger partial charge on any atom is -0.390 e. The first kappa shape index (κ1) is 30.3. The molecule has 27 heavy (non-hydrogen) atoms. The Bertz CT molecular complexity index is 414. The molecule has 4 nitrogen and oxygen atoms in total. The predicted molar refractivity (Wildman–Crippen MR) is 120 cm³/mol. The molecule has 0 fully saturated rings. The lowest BCUT2D eigenvalue weighted by atomic mass is 10.1. The maximum atomic E-state index is 9.20. The molecule has 0 saturated heterocycles. The number of rotatable bonds is 11. The Hall–Kier alpha value is -1.46. The van der Waals surface area contributed by atoms with Crippen molar-refractivity contribution in [1.29, 1.82) is 0 Å². The third-order valence-electron chi connectivity index (χ3n) is 3.12. The number of aliphatic hydroxyl groups is 1. The van der Waals surface area contributed by atoms with E-state index in [1.165, 1.54) is 0 Å². The summed E-state index contributed by atoms with van der Waals surface area (Å²) in [5.41, 5.74) is 0.433. The standard InChI is InChI=1S/C12H18O2.C7H17NO.C4H8/c1-5-8-10-13-14-11(4)12(7-3)9-6-2;1-4-8-6-5-7(2,3)9;1-3-4-2/h5-9,11H,2-3,10H2,1,4H3;8-9H,4-6H2,1-3H3;3-4H,1-2H3/b8-5+,12-9+;;4-3-. The van der Waals surface area contributed by atoms with Crippen LogP contribution in [0.25, 0.3) is 0 Å². The lowest BCUT2D eigenvalue weighted by molar-refractivity contribution is -0.304. The highest BCUT2D eigenvalue weighted by atomic mass is 17.2. The highest BCUT2D eigenvalue weighted by Gasteiger charge is 2.10. The highest BCUT2D eigenvalue weighted by molar-refractivity contribution is 5.24. The summed E-state index contributed by atoms with van der Waals surface area (Å²) in [6, 6.07) is 0. The van der Waals surface area contributed by atoms with E-state index in [0.29, 0.717) is 6.61 Å². The number of nitrogens with one attached hydrogen (secondary N) is 1. The van der Waals surface area contributed by atoms with Gasteiger partial charge < -0.3 is 10.4 Å². The smallest absolute Gasteiger partial charge is 0.115 e. The van der Waals surface area contributed by atoms with E-state index in [0.717, 1.165) is 25.1 Å². The van der Waals surface area contributed by atoms with Gasteiger partial charge in [0.05, 0.1) is 5.60 Å². The van der Waals surface area contributed by atoms with E-state index >= 15 is 0 Å². The van der Waals surface area contributed by atoms with Gasteiger partial charge in [-0.2, -0.15) is 0 Å². The van der Waals surface area contributed by atoms with Gasteiger partial charge in [0.25, 0.3) is 0 Å². The van der Waals surface area contributed by atoms with E-state index in [-0.39, 0.29) is 6.10 Å². The SMILES string of the molecule is C/C=C\C.C=C/C=C(\C=C)C(C)OOC/C=C/C.CCNCCC(C)(C)O. The Kier molecular flexibility index (Phi) is 25.3. The summed E-state index contributed by atoms with van der Waals surface area (Å²) in [7, 11) is 0. The van der Waals surface area contributed by atoms with Crippen LogP contribution in [0.2, 0.25) is 0 Å². The van der Waals surface area contributed by atoms with Gasteiger partial charge in [0.1, 0.15) is 12.7 Å². The molecule has 1 atom stereocenters. The van der Waals surface area contributed by atoms with Crippen LogP contribution >= 0.6 is 0 Å². The summed E-state index contributed by atoms with van der Waals surface area (Å²) < 4.78 is 0. The molecule has 2 N–H and O–H groups in total. The fourth-order valence-corrected chi connectivity index (χ4v) is 1.41. The zero-order valence-corrected chi connectivity index (χ0v) is 18.6. The van der Waals surface area contributed by atoms with Gasteiger partial charge in [0, 0.05) is 0 Å². The van der Waals surface area contributed by atoms with Crippen molar-refractivity contribution in [2.24, 2.45) is 0 Å². The van der Waals surface area contributed by atoms with Gasteiger partial charge in [0.15, 0.2) is 0 Å². The normalized spacial score (nSPS) is 12.8. The van der Waals surface area contributed by atoms with E-state index in [9.17, 15) is 5.11 Å². The zero-order valence-electron chi connectivity index (χ0n) is 18.6. The summed E-state index contributed by atoms with van der Waals surface area (Å²) in [4.78, 5) is 10.1. The van der Waals surface area contributed by atoms with E-state index < -0.39 is 5.60 Å². The number of hydrogen-bond donors (Lipinski definition) is 2. The largest absolute Gasteiger partial charge is 0.390 e. The molecule has 0 aromatic rings. The second-order valence-electron chi connectivity index (χ2n) is 6.28. The molecular formula is C23H43NO3. The molecule has 0 aromatic carbocycles. The first-order chi connectivity index (χ1) is 12.7. The van der Waals surface area contributed by atoms with Crippen LogP contribution in [0.1, 0.15) is 54.9 Å². The summed E-state index contributed by atoms with van der Waals surface area (Å²) in [6.07, 6.45) is 13.7.